The summed E-state index contributed by atoms with van der Waals surface area (Å²) < 4.78 is 6.02. The van der Waals surface area contributed by atoms with Gasteiger partial charge in [-0.15, -0.1) is 0 Å². The van der Waals surface area contributed by atoms with Crippen molar-refractivity contribution in [3.63, 3.8) is 0 Å². The fourth-order valence-corrected chi connectivity index (χ4v) is 3.39. The van der Waals surface area contributed by atoms with Gasteiger partial charge >= 0.3 is 0 Å². The zero-order chi connectivity index (χ0) is 20.1. The molecule has 4 nitrogen and oxygen atoms in total. The smallest absolute Gasteiger partial charge is 0.251 e. The second-order valence-electron chi connectivity index (χ2n) is 7.33. The minimum atomic E-state index is -0.0747. The van der Waals surface area contributed by atoms with Crippen LogP contribution in [0.1, 0.15) is 54.1 Å². The van der Waals surface area contributed by atoms with E-state index in [1.54, 1.807) is 12.1 Å². The Morgan fingerprint density at radius 1 is 1.00 bits per heavy atom. The molecular weight excluding hydrogens is 350 g/mol. The van der Waals surface area contributed by atoms with Crippen LogP contribution in [0.4, 0.5) is 0 Å². The molecule has 2 aromatic carbocycles. The van der Waals surface area contributed by atoms with E-state index in [1.807, 2.05) is 38.1 Å². The molecule has 0 aliphatic heterocycles. The molecule has 1 aromatic heterocycles. The van der Waals surface area contributed by atoms with Crippen molar-refractivity contribution in [3.8, 4) is 11.3 Å². The summed E-state index contributed by atoms with van der Waals surface area (Å²) in [6, 6.07) is 12.5. The van der Waals surface area contributed by atoms with Crippen LogP contribution in [0.3, 0.4) is 0 Å². The average Bonchev–Trinajstić information content (AvgIpc) is 2.68. The van der Waals surface area contributed by atoms with E-state index in [-0.39, 0.29) is 11.3 Å². The molecule has 0 saturated heterocycles. The molecule has 0 saturated carbocycles. The van der Waals surface area contributed by atoms with E-state index in [0.717, 1.165) is 29.5 Å². The van der Waals surface area contributed by atoms with Gasteiger partial charge in [-0.25, -0.2) is 0 Å². The Kier molecular flexibility index (Phi) is 6.30. The molecule has 28 heavy (non-hydrogen) atoms. The minimum Gasteiger partial charge on any atom is -0.456 e. The zero-order valence-corrected chi connectivity index (χ0v) is 16.8. The fraction of sp³-hybridized carbons (Fsp3) is 0.333. The molecule has 0 spiro atoms. The number of amides is 1. The summed E-state index contributed by atoms with van der Waals surface area (Å²) in [6.07, 6.45) is 4.51. The van der Waals surface area contributed by atoms with Crippen LogP contribution < -0.4 is 10.7 Å². The highest BCUT2D eigenvalue weighted by atomic mass is 16.3. The Hall–Kier alpha value is -2.88. The molecule has 0 aliphatic carbocycles. The van der Waals surface area contributed by atoms with Gasteiger partial charge in [0.05, 0.1) is 5.39 Å². The van der Waals surface area contributed by atoms with Crippen LogP contribution >= 0.6 is 0 Å². The maximum Gasteiger partial charge on any atom is 0.251 e. The Labute approximate surface area is 165 Å². The predicted molar refractivity (Wildman–Crippen MR) is 114 cm³/mol. The van der Waals surface area contributed by atoms with Crippen LogP contribution in [-0.2, 0) is 0 Å². The third-order valence-corrected chi connectivity index (χ3v) is 4.91. The molecule has 0 fully saturated rings. The lowest BCUT2D eigenvalue weighted by molar-refractivity contribution is 0.0953. The number of hydrogen-bond donors (Lipinski definition) is 1. The quantitative estimate of drug-likeness (QED) is 0.562. The lowest BCUT2D eigenvalue weighted by atomic mass is 10.1. The number of unbranched alkanes of at least 4 members (excludes halogenated alkanes) is 3. The minimum absolute atomic E-state index is 0.0584. The molecule has 0 radical (unpaired) electrons. The first-order chi connectivity index (χ1) is 13.5. The summed E-state index contributed by atoms with van der Waals surface area (Å²) in [7, 11) is 0. The summed E-state index contributed by atoms with van der Waals surface area (Å²) in [5, 5.41) is 3.55. The van der Waals surface area contributed by atoms with Crippen LogP contribution in [0.25, 0.3) is 22.3 Å². The Morgan fingerprint density at radius 2 is 1.75 bits per heavy atom. The molecule has 0 bridgehead atoms. The van der Waals surface area contributed by atoms with Crippen LogP contribution in [0.2, 0.25) is 0 Å². The number of nitrogens with one attached hydrogen (secondary N) is 1. The third-order valence-electron chi connectivity index (χ3n) is 4.91. The summed E-state index contributed by atoms with van der Waals surface area (Å²) in [5.41, 5.74) is 3.91. The van der Waals surface area contributed by atoms with Crippen LogP contribution in [0, 0.1) is 13.8 Å². The second kappa shape index (κ2) is 8.87. The van der Waals surface area contributed by atoms with Gasteiger partial charge in [0.1, 0.15) is 11.3 Å². The van der Waals surface area contributed by atoms with Gasteiger partial charge in [0.2, 0.25) is 0 Å². The van der Waals surface area contributed by atoms with Crippen molar-refractivity contribution in [2.24, 2.45) is 0 Å². The molecule has 4 heteroatoms. The van der Waals surface area contributed by atoms with E-state index in [2.05, 4.69) is 12.2 Å². The molecule has 3 aromatic rings. The summed E-state index contributed by atoms with van der Waals surface area (Å²) in [4.78, 5) is 24.8. The topological polar surface area (TPSA) is 59.3 Å². The van der Waals surface area contributed by atoms with E-state index in [1.165, 1.54) is 18.9 Å². The van der Waals surface area contributed by atoms with E-state index in [4.69, 9.17) is 4.42 Å². The normalized spacial score (nSPS) is 11.0. The van der Waals surface area contributed by atoms with Gasteiger partial charge in [-0.05, 0) is 49.6 Å². The first kappa shape index (κ1) is 19.9. The van der Waals surface area contributed by atoms with Crippen LogP contribution in [0.15, 0.2) is 51.7 Å². The van der Waals surface area contributed by atoms with E-state index >= 15 is 0 Å². The number of fused-ring (bicyclic) bond motifs is 1. The van der Waals surface area contributed by atoms with E-state index in [9.17, 15) is 9.59 Å². The van der Waals surface area contributed by atoms with Gasteiger partial charge in [0, 0.05) is 23.7 Å². The van der Waals surface area contributed by atoms with Crippen molar-refractivity contribution in [1.29, 1.82) is 0 Å². The van der Waals surface area contributed by atoms with E-state index in [0.29, 0.717) is 28.8 Å². The summed E-state index contributed by atoms with van der Waals surface area (Å²) >= 11 is 0. The Morgan fingerprint density at radius 3 is 2.46 bits per heavy atom. The molecule has 1 heterocycles. The van der Waals surface area contributed by atoms with Crippen molar-refractivity contribution in [1.82, 2.24) is 5.32 Å². The summed E-state index contributed by atoms with van der Waals surface area (Å²) in [6.45, 7) is 6.77. The second-order valence-corrected chi connectivity index (χ2v) is 7.33. The van der Waals surface area contributed by atoms with Crippen LogP contribution in [0.5, 0.6) is 0 Å². The molecular formula is C24H27NO3. The number of benzene rings is 2. The zero-order valence-electron chi connectivity index (χ0n) is 16.8. The summed E-state index contributed by atoms with van der Waals surface area (Å²) in [5.74, 6) is 0.435. The third kappa shape index (κ3) is 4.50. The first-order valence-electron chi connectivity index (χ1n) is 9.93. The standard InChI is InChI=1S/C24H27NO3/c1-4-5-6-7-12-25-24(27)19-10-8-18(9-11-19)22-15-21(26)20-14-16(2)13-17(3)23(20)28-22/h8-11,13-15H,4-7,12H2,1-3H3,(H,25,27). The largest absolute Gasteiger partial charge is 0.456 e. The average molecular weight is 377 g/mol. The lowest BCUT2D eigenvalue weighted by Crippen LogP contribution is -2.24. The van der Waals surface area contributed by atoms with E-state index < -0.39 is 0 Å². The fourth-order valence-electron chi connectivity index (χ4n) is 3.39. The van der Waals surface area contributed by atoms with Gasteiger partial charge in [0.15, 0.2) is 5.43 Å². The molecule has 0 atom stereocenters. The van der Waals surface area contributed by atoms with Gasteiger partial charge in [-0.3, -0.25) is 9.59 Å². The maximum absolute atomic E-state index is 12.5. The SMILES string of the molecule is CCCCCCNC(=O)c1ccc(-c2cc(=O)c3cc(C)cc(C)c3o2)cc1. The molecule has 3 rings (SSSR count). The lowest BCUT2D eigenvalue weighted by Gasteiger charge is -2.08. The molecule has 0 aliphatic rings. The highest BCUT2D eigenvalue weighted by molar-refractivity contribution is 5.94. The van der Waals surface area contributed by atoms with Crippen LogP contribution in [-0.4, -0.2) is 12.5 Å². The van der Waals surface area contributed by atoms with Gasteiger partial charge < -0.3 is 9.73 Å². The molecule has 146 valence electrons. The Bertz CT molecular complexity index is 1030. The Balaban J connectivity index is 1.78. The maximum atomic E-state index is 12.5. The van der Waals surface area contributed by atoms with Crippen molar-refractivity contribution in [2.75, 3.05) is 6.54 Å². The number of hydrogen-bond acceptors (Lipinski definition) is 3. The monoisotopic (exact) mass is 377 g/mol. The number of rotatable bonds is 7. The first-order valence-corrected chi connectivity index (χ1v) is 9.93. The van der Waals surface area contributed by atoms with Gasteiger partial charge in [-0.1, -0.05) is 44.4 Å². The van der Waals surface area contributed by atoms with Gasteiger partial charge in [0.25, 0.3) is 5.91 Å². The molecule has 1 amide bonds. The van der Waals surface area contributed by atoms with Gasteiger partial charge in [-0.2, -0.15) is 0 Å². The van der Waals surface area contributed by atoms with Crippen molar-refractivity contribution in [3.05, 3.63) is 69.4 Å². The van der Waals surface area contributed by atoms with Crippen molar-refractivity contribution in [2.45, 2.75) is 46.5 Å². The number of carbonyl (C=O) groups is 1. The molecule has 0 unspecified atom stereocenters. The van der Waals surface area contributed by atoms with Crippen molar-refractivity contribution < 1.29 is 9.21 Å². The highest BCUT2D eigenvalue weighted by Crippen LogP contribution is 2.25. The highest BCUT2D eigenvalue weighted by Gasteiger charge is 2.11. The van der Waals surface area contributed by atoms with Crippen molar-refractivity contribution >= 4 is 16.9 Å². The molecule has 1 N–H and O–H groups in total. The predicted octanol–water partition coefficient (Wildman–Crippen LogP) is 5.39. The number of carbonyl (C=O) groups excluding carboxylic acids is 1. The number of aryl methyl sites for hydroxylation is 2.